The predicted molar refractivity (Wildman–Crippen MR) is 91.4 cm³/mol. The van der Waals surface area contributed by atoms with Gasteiger partial charge in [-0.1, -0.05) is 53.7 Å². The van der Waals surface area contributed by atoms with Crippen LogP contribution in [0.3, 0.4) is 0 Å². The fraction of sp³-hybridized carbons (Fsp3) is 0.0588. The molecule has 0 atom stereocenters. The number of hydrogen-bond donors (Lipinski definition) is 2. The van der Waals surface area contributed by atoms with Gasteiger partial charge < -0.3 is 15.2 Å². The van der Waals surface area contributed by atoms with Gasteiger partial charge in [-0.3, -0.25) is 0 Å². The first-order chi connectivity index (χ1) is 10.8. The summed E-state index contributed by atoms with van der Waals surface area (Å²) >= 11 is 5.25. The second-order valence-electron chi connectivity index (χ2n) is 4.72. The first-order valence-electron chi connectivity index (χ1n) is 6.92. The number of nitrogens with one attached hydrogen (secondary N) is 2. The summed E-state index contributed by atoms with van der Waals surface area (Å²) in [6.45, 7) is 0.485. The number of rotatable bonds is 4. The van der Waals surface area contributed by atoms with E-state index in [0.29, 0.717) is 11.7 Å². The van der Waals surface area contributed by atoms with Gasteiger partial charge >= 0.3 is 0 Å². The van der Waals surface area contributed by atoms with Crippen LogP contribution in [0.15, 0.2) is 71.3 Å². The third kappa shape index (κ3) is 3.71. The Kier molecular flexibility index (Phi) is 4.46. The van der Waals surface area contributed by atoms with Gasteiger partial charge in [0.25, 0.3) is 0 Å². The molecule has 3 aromatic rings. The Balaban J connectivity index is 1.56. The molecule has 1 aromatic heterocycles. The van der Waals surface area contributed by atoms with Crippen LogP contribution < -0.4 is 10.6 Å². The van der Waals surface area contributed by atoms with Crippen LogP contribution in [0.1, 0.15) is 5.76 Å². The maximum atomic E-state index is 5.32. The molecule has 0 amide bonds. The Bertz CT molecular complexity index is 741. The summed E-state index contributed by atoms with van der Waals surface area (Å²) in [4.78, 5) is 0. The summed E-state index contributed by atoms with van der Waals surface area (Å²) in [6.07, 6.45) is 0. The SMILES string of the molecule is S=C(NCc1cc(-c2ccccc2)no1)Nc1ccccc1. The molecule has 2 N–H and O–H groups in total. The van der Waals surface area contributed by atoms with Crippen molar-refractivity contribution < 1.29 is 4.52 Å². The van der Waals surface area contributed by atoms with Gasteiger partial charge in [-0.25, -0.2) is 0 Å². The van der Waals surface area contributed by atoms with Crippen LogP contribution in [0.4, 0.5) is 5.69 Å². The molecule has 0 spiro atoms. The zero-order valence-electron chi connectivity index (χ0n) is 11.8. The van der Waals surface area contributed by atoms with Gasteiger partial charge in [0.05, 0.1) is 6.54 Å². The van der Waals surface area contributed by atoms with Crippen molar-refractivity contribution in [1.82, 2.24) is 10.5 Å². The lowest BCUT2D eigenvalue weighted by molar-refractivity contribution is 0.382. The highest BCUT2D eigenvalue weighted by Crippen LogP contribution is 2.18. The van der Waals surface area contributed by atoms with Crippen LogP contribution in [0.2, 0.25) is 0 Å². The van der Waals surface area contributed by atoms with Crippen LogP contribution in [-0.2, 0) is 6.54 Å². The van der Waals surface area contributed by atoms with E-state index in [1.165, 1.54) is 0 Å². The maximum Gasteiger partial charge on any atom is 0.171 e. The number of aromatic nitrogens is 1. The van der Waals surface area contributed by atoms with Gasteiger partial charge in [0, 0.05) is 17.3 Å². The van der Waals surface area contributed by atoms with E-state index in [9.17, 15) is 0 Å². The Morgan fingerprint density at radius 2 is 1.68 bits per heavy atom. The molecular formula is C17H15N3OS. The average Bonchev–Trinajstić information content (AvgIpc) is 3.04. The molecule has 5 heteroatoms. The number of thiocarbonyl (C=S) groups is 1. The summed E-state index contributed by atoms with van der Waals surface area (Å²) in [5.41, 5.74) is 2.80. The first kappa shape index (κ1) is 14.3. The molecule has 0 saturated carbocycles. The Labute approximate surface area is 134 Å². The van der Waals surface area contributed by atoms with Crippen molar-refractivity contribution in [3.05, 3.63) is 72.5 Å². The number of anilines is 1. The van der Waals surface area contributed by atoms with E-state index >= 15 is 0 Å². The van der Waals surface area contributed by atoms with Gasteiger partial charge in [-0.2, -0.15) is 0 Å². The van der Waals surface area contributed by atoms with Crippen LogP contribution in [0.25, 0.3) is 11.3 Å². The van der Waals surface area contributed by atoms with Crippen molar-refractivity contribution in [3.63, 3.8) is 0 Å². The Morgan fingerprint density at radius 3 is 2.41 bits per heavy atom. The molecular weight excluding hydrogens is 294 g/mol. The average molecular weight is 309 g/mol. The standard InChI is InChI=1S/C17H15N3OS/c22-17(19-14-9-5-2-6-10-14)18-12-15-11-16(20-21-15)13-7-3-1-4-8-13/h1-11H,12H2,(H2,18,19,22). The molecule has 110 valence electrons. The van der Waals surface area contributed by atoms with Crippen LogP contribution in [0, 0.1) is 0 Å². The quantitative estimate of drug-likeness (QED) is 0.717. The zero-order chi connectivity index (χ0) is 15.2. The highest BCUT2D eigenvalue weighted by Gasteiger charge is 2.06. The fourth-order valence-corrected chi connectivity index (χ4v) is 2.20. The number of nitrogens with zero attached hydrogens (tertiary/aromatic N) is 1. The lowest BCUT2D eigenvalue weighted by Gasteiger charge is -2.08. The summed E-state index contributed by atoms with van der Waals surface area (Å²) < 4.78 is 5.32. The minimum absolute atomic E-state index is 0.485. The monoisotopic (exact) mass is 309 g/mol. The van der Waals surface area contributed by atoms with Crippen molar-refractivity contribution in [2.45, 2.75) is 6.54 Å². The van der Waals surface area contributed by atoms with Gasteiger partial charge in [0.2, 0.25) is 0 Å². The summed E-state index contributed by atoms with van der Waals surface area (Å²) in [5, 5.41) is 10.8. The van der Waals surface area contributed by atoms with E-state index in [1.807, 2.05) is 66.7 Å². The minimum atomic E-state index is 0.485. The van der Waals surface area contributed by atoms with Gasteiger partial charge in [-0.15, -0.1) is 0 Å². The molecule has 4 nitrogen and oxygen atoms in total. The highest BCUT2D eigenvalue weighted by molar-refractivity contribution is 7.80. The summed E-state index contributed by atoms with van der Waals surface area (Å²) in [7, 11) is 0. The largest absolute Gasteiger partial charge is 0.359 e. The molecule has 0 saturated heterocycles. The van der Waals surface area contributed by atoms with Gasteiger partial charge in [0.15, 0.2) is 10.9 Å². The molecule has 3 rings (SSSR count). The van der Waals surface area contributed by atoms with Crippen molar-refractivity contribution in [3.8, 4) is 11.3 Å². The zero-order valence-corrected chi connectivity index (χ0v) is 12.6. The summed E-state index contributed by atoms with van der Waals surface area (Å²) in [5.74, 6) is 0.732. The molecule has 0 radical (unpaired) electrons. The second-order valence-corrected chi connectivity index (χ2v) is 5.13. The second kappa shape index (κ2) is 6.87. The molecule has 0 bridgehead atoms. The number of para-hydroxylation sites is 1. The lowest BCUT2D eigenvalue weighted by atomic mass is 10.1. The van der Waals surface area contributed by atoms with E-state index in [4.69, 9.17) is 16.7 Å². The molecule has 0 fully saturated rings. The molecule has 0 aliphatic heterocycles. The smallest absolute Gasteiger partial charge is 0.171 e. The van der Waals surface area contributed by atoms with E-state index in [2.05, 4.69) is 15.8 Å². The number of hydrogen-bond acceptors (Lipinski definition) is 3. The predicted octanol–water partition coefficient (Wildman–Crippen LogP) is 3.83. The Hall–Kier alpha value is -2.66. The van der Waals surface area contributed by atoms with Crippen molar-refractivity contribution in [2.24, 2.45) is 0 Å². The summed E-state index contributed by atoms with van der Waals surface area (Å²) in [6, 6.07) is 21.6. The van der Waals surface area contributed by atoms with Crippen molar-refractivity contribution >= 4 is 23.0 Å². The fourth-order valence-electron chi connectivity index (χ4n) is 2.01. The molecule has 0 aliphatic rings. The van der Waals surface area contributed by atoms with Crippen LogP contribution in [0.5, 0.6) is 0 Å². The maximum absolute atomic E-state index is 5.32. The number of benzene rings is 2. The third-order valence-corrected chi connectivity index (χ3v) is 3.33. The van der Waals surface area contributed by atoms with Crippen molar-refractivity contribution in [2.75, 3.05) is 5.32 Å². The normalized spacial score (nSPS) is 10.2. The van der Waals surface area contributed by atoms with E-state index in [0.717, 1.165) is 22.7 Å². The molecule has 0 unspecified atom stereocenters. The molecule has 1 heterocycles. The molecule has 0 aliphatic carbocycles. The highest BCUT2D eigenvalue weighted by atomic mass is 32.1. The minimum Gasteiger partial charge on any atom is -0.359 e. The van der Waals surface area contributed by atoms with Crippen molar-refractivity contribution in [1.29, 1.82) is 0 Å². The molecule has 2 aromatic carbocycles. The van der Waals surface area contributed by atoms with Crippen LogP contribution in [-0.4, -0.2) is 10.3 Å². The van der Waals surface area contributed by atoms with E-state index < -0.39 is 0 Å². The van der Waals surface area contributed by atoms with E-state index in [-0.39, 0.29) is 0 Å². The first-order valence-corrected chi connectivity index (χ1v) is 7.33. The Morgan fingerprint density at radius 1 is 1.00 bits per heavy atom. The van der Waals surface area contributed by atoms with Gasteiger partial charge in [-0.05, 0) is 24.4 Å². The third-order valence-electron chi connectivity index (χ3n) is 3.08. The topological polar surface area (TPSA) is 50.1 Å². The van der Waals surface area contributed by atoms with E-state index in [1.54, 1.807) is 0 Å². The lowest BCUT2D eigenvalue weighted by Crippen LogP contribution is -2.27. The van der Waals surface area contributed by atoms with Gasteiger partial charge in [0.1, 0.15) is 5.69 Å². The van der Waals surface area contributed by atoms with Crippen LogP contribution >= 0.6 is 12.2 Å². The molecule has 22 heavy (non-hydrogen) atoms.